The molecule has 0 fully saturated rings. The van der Waals surface area contributed by atoms with Crippen LogP contribution in [0.1, 0.15) is 16.3 Å². The first-order chi connectivity index (χ1) is 8.08. The second-order valence-electron chi connectivity index (χ2n) is 3.57. The molecule has 17 heavy (non-hydrogen) atoms. The van der Waals surface area contributed by atoms with E-state index in [1.165, 1.54) is 23.5 Å². The summed E-state index contributed by atoms with van der Waals surface area (Å²) < 4.78 is 18.7. The predicted octanol–water partition coefficient (Wildman–Crippen LogP) is 2.74. The van der Waals surface area contributed by atoms with Gasteiger partial charge in [0.2, 0.25) is 0 Å². The highest BCUT2D eigenvalue weighted by molar-refractivity contribution is 7.09. The Labute approximate surface area is 103 Å². The molecule has 0 aliphatic heterocycles. The molecule has 1 aromatic heterocycles. The maximum Gasteiger partial charge on any atom is 0.346 e. The molecule has 1 aromatic carbocycles. The van der Waals surface area contributed by atoms with Crippen LogP contribution in [-0.2, 0) is 17.4 Å². The van der Waals surface area contributed by atoms with Gasteiger partial charge in [-0.2, -0.15) is 4.39 Å². The Bertz CT molecular complexity index is 484. The Morgan fingerprint density at radius 1 is 1.41 bits per heavy atom. The minimum absolute atomic E-state index is 0.0633. The van der Waals surface area contributed by atoms with E-state index in [0.29, 0.717) is 5.69 Å². The molecule has 1 unspecified atom stereocenters. The van der Waals surface area contributed by atoms with Crippen molar-refractivity contribution in [3.8, 4) is 0 Å². The lowest BCUT2D eigenvalue weighted by Crippen LogP contribution is -2.23. The number of aryl methyl sites for hydroxylation is 1. The van der Waals surface area contributed by atoms with Crippen LogP contribution in [0.3, 0.4) is 0 Å². The van der Waals surface area contributed by atoms with E-state index < -0.39 is 6.04 Å². The number of aromatic nitrogens is 1. The van der Waals surface area contributed by atoms with Crippen molar-refractivity contribution in [3.63, 3.8) is 0 Å². The number of benzene rings is 1. The summed E-state index contributed by atoms with van der Waals surface area (Å²) in [5, 5.41) is 12.2. The largest absolute Gasteiger partial charge is 0.346 e. The summed E-state index contributed by atoms with van der Waals surface area (Å²) in [5.74, 6) is 0. The molecule has 2 rings (SSSR count). The first kappa shape index (κ1) is 12.2. The minimum atomic E-state index is -2.78. The van der Waals surface area contributed by atoms with Gasteiger partial charge in [0.1, 0.15) is 0 Å². The average molecular weight is 253 g/mol. The third kappa shape index (κ3) is 3.09. The molecule has 0 saturated carbocycles. The van der Waals surface area contributed by atoms with Crippen LogP contribution in [0.4, 0.5) is 4.39 Å². The smallest absolute Gasteiger partial charge is 0.336 e. The van der Waals surface area contributed by atoms with Gasteiger partial charge >= 0.3 is 6.04 Å². The standard InChI is InChI=1S/C12H12FNO2S/c1-9-14-11(8-17-9)7-16-12(13,15)10-5-3-2-4-6-10/h2-6,8,15H,7H2,1H3. The van der Waals surface area contributed by atoms with E-state index in [2.05, 4.69) is 4.98 Å². The summed E-state index contributed by atoms with van der Waals surface area (Å²) in [6, 6.07) is 5.16. The van der Waals surface area contributed by atoms with Gasteiger partial charge in [0.15, 0.2) is 0 Å². The van der Waals surface area contributed by atoms with Crippen molar-refractivity contribution in [2.45, 2.75) is 19.6 Å². The highest BCUT2D eigenvalue weighted by atomic mass is 32.1. The van der Waals surface area contributed by atoms with Gasteiger partial charge < -0.3 is 9.84 Å². The molecule has 1 N–H and O–H groups in total. The highest BCUT2D eigenvalue weighted by Crippen LogP contribution is 2.25. The quantitative estimate of drug-likeness (QED) is 0.852. The van der Waals surface area contributed by atoms with E-state index in [1.807, 2.05) is 6.92 Å². The second kappa shape index (κ2) is 4.91. The number of rotatable bonds is 4. The van der Waals surface area contributed by atoms with E-state index in [9.17, 15) is 9.50 Å². The SMILES string of the molecule is Cc1nc(COC(O)(F)c2ccccc2)cs1. The molecule has 0 radical (unpaired) electrons. The highest BCUT2D eigenvalue weighted by Gasteiger charge is 2.29. The van der Waals surface area contributed by atoms with Gasteiger partial charge in [-0.3, -0.25) is 0 Å². The van der Waals surface area contributed by atoms with Crippen molar-refractivity contribution in [2.75, 3.05) is 0 Å². The number of halogens is 1. The molecule has 2 aromatic rings. The molecule has 0 amide bonds. The molecule has 5 heteroatoms. The van der Waals surface area contributed by atoms with Gasteiger partial charge in [-0.15, -0.1) is 11.3 Å². The van der Waals surface area contributed by atoms with Crippen LogP contribution < -0.4 is 0 Å². The van der Waals surface area contributed by atoms with Crippen LogP contribution in [-0.4, -0.2) is 10.1 Å². The topological polar surface area (TPSA) is 42.4 Å². The van der Waals surface area contributed by atoms with E-state index in [4.69, 9.17) is 4.74 Å². The summed E-state index contributed by atoms with van der Waals surface area (Å²) in [7, 11) is 0. The molecule has 0 saturated heterocycles. The fourth-order valence-corrected chi connectivity index (χ4v) is 1.97. The van der Waals surface area contributed by atoms with Crippen LogP contribution in [0.25, 0.3) is 0 Å². The van der Waals surface area contributed by atoms with E-state index in [1.54, 1.807) is 23.6 Å². The van der Waals surface area contributed by atoms with Gasteiger partial charge in [-0.05, 0) is 6.92 Å². The Morgan fingerprint density at radius 3 is 2.71 bits per heavy atom. The van der Waals surface area contributed by atoms with E-state index in [0.717, 1.165) is 5.01 Å². The zero-order valence-electron chi connectivity index (χ0n) is 9.26. The summed E-state index contributed by atoms with van der Waals surface area (Å²) in [6.45, 7) is 1.79. The molecule has 1 heterocycles. The summed E-state index contributed by atoms with van der Waals surface area (Å²) >= 11 is 1.46. The van der Waals surface area contributed by atoms with Crippen molar-refractivity contribution in [2.24, 2.45) is 0 Å². The fraction of sp³-hybridized carbons (Fsp3) is 0.250. The normalized spacial score (nSPS) is 14.5. The molecule has 3 nitrogen and oxygen atoms in total. The van der Waals surface area contributed by atoms with Crippen LogP contribution in [0, 0.1) is 6.92 Å². The number of nitrogens with zero attached hydrogens (tertiary/aromatic N) is 1. The molecule has 0 bridgehead atoms. The van der Waals surface area contributed by atoms with Crippen molar-refractivity contribution >= 4 is 11.3 Å². The van der Waals surface area contributed by atoms with Crippen LogP contribution >= 0.6 is 11.3 Å². The number of thiazole rings is 1. The van der Waals surface area contributed by atoms with Crippen molar-refractivity contribution in [1.82, 2.24) is 4.98 Å². The van der Waals surface area contributed by atoms with Gasteiger partial charge in [0.05, 0.1) is 17.3 Å². The second-order valence-corrected chi connectivity index (χ2v) is 4.64. The molecular weight excluding hydrogens is 241 g/mol. The molecule has 0 aliphatic carbocycles. The number of ether oxygens (including phenoxy) is 1. The Hall–Kier alpha value is -1.30. The number of aliphatic hydroxyl groups is 1. The van der Waals surface area contributed by atoms with Crippen LogP contribution in [0.15, 0.2) is 35.7 Å². The molecule has 0 spiro atoms. The van der Waals surface area contributed by atoms with Gasteiger partial charge in [0, 0.05) is 10.9 Å². The lowest BCUT2D eigenvalue weighted by Gasteiger charge is -2.18. The average Bonchev–Trinajstić information content (AvgIpc) is 2.74. The van der Waals surface area contributed by atoms with E-state index in [-0.39, 0.29) is 12.2 Å². The Balaban J connectivity index is 2.03. The molecule has 1 atom stereocenters. The van der Waals surface area contributed by atoms with Crippen molar-refractivity contribution in [1.29, 1.82) is 0 Å². The third-order valence-corrected chi connectivity index (χ3v) is 3.03. The van der Waals surface area contributed by atoms with Crippen LogP contribution in [0.5, 0.6) is 0 Å². The Kier molecular flexibility index (Phi) is 3.51. The maximum atomic E-state index is 13.8. The van der Waals surface area contributed by atoms with Crippen LogP contribution in [0.2, 0.25) is 0 Å². The van der Waals surface area contributed by atoms with Crippen molar-refractivity contribution < 1.29 is 14.2 Å². The fourth-order valence-electron chi connectivity index (χ4n) is 1.37. The monoisotopic (exact) mass is 253 g/mol. The molecular formula is C12H12FNO2S. The first-order valence-electron chi connectivity index (χ1n) is 5.10. The zero-order valence-corrected chi connectivity index (χ0v) is 10.1. The lowest BCUT2D eigenvalue weighted by atomic mass is 10.2. The number of hydrogen-bond acceptors (Lipinski definition) is 4. The first-order valence-corrected chi connectivity index (χ1v) is 5.97. The summed E-state index contributed by atoms with van der Waals surface area (Å²) in [4.78, 5) is 4.12. The maximum absolute atomic E-state index is 13.8. The number of hydrogen-bond donors (Lipinski definition) is 1. The van der Waals surface area contributed by atoms with Crippen molar-refractivity contribution in [3.05, 3.63) is 52.0 Å². The summed E-state index contributed by atoms with van der Waals surface area (Å²) in [5.41, 5.74) is 0.687. The summed E-state index contributed by atoms with van der Waals surface area (Å²) in [6.07, 6.45) is 0. The molecule has 0 aliphatic rings. The van der Waals surface area contributed by atoms with Gasteiger partial charge in [-0.1, -0.05) is 30.3 Å². The Morgan fingerprint density at radius 2 is 2.12 bits per heavy atom. The predicted molar refractivity (Wildman–Crippen MR) is 63.1 cm³/mol. The molecule has 90 valence electrons. The van der Waals surface area contributed by atoms with E-state index >= 15 is 0 Å². The van der Waals surface area contributed by atoms with Gasteiger partial charge in [0.25, 0.3) is 0 Å². The third-order valence-electron chi connectivity index (χ3n) is 2.21. The zero-order chi connectivity index (χ0) is 12.3. The lowest BCUT2D eigenvalue weighted by molar-refractivity contribution is -0.308. The number of alkyl halides is 1. The van der Waals surface area contributed by atoms with Gasteiger partial charge in [-0.25, -0.2) is 4.98 Å². The minimum Gasteiger partial charge on any atom is -0.336 e.